The van der Waals surface area contributed by atoms with Crippen molar-refractivity contribution in [2.45, 2.75) is 30.0 Å². The fourth-order valence-corrected chi connectivity index (χ4v) is 5.36. The second-order valence-corrected chi connectivity index (χ2v) is 8.56. The van der Waals surface area contributed by atoms with Crippen LogP contribution < -0.4 is 5.73 Å². The third-order valence-corrected chi connectivity index (χ3v) is 6.87. The van der Waals surface area contributed by atoms with Crippen LogP contribution >= 0.6 is 35.3 Å². The largest absolute Gasteiger partial charge is 0.328 e. The molecule has 0 amide bonds. The van der Waals surface area contributed by atoms with E-state index in [2.05, 4.69) is 0 Å². The average molecular weight is 345 g/mol. The van der Waals surface area contributed by atoms with E-state index in [1.807, 2.05) is 6.92 Å². The minimum absolute atomic E-state index is 0. The molecule has 2 N–H and O–H groups in total. The van der Waals surface area contributed by atoms with Gasteiger partial charge in [-0.1, -0.05) is 11.6 Å². The molecule has 2 atom stereocenters. The second kappa shape index (κ2) is 6.74. The van der Waals surface area contributed by atoms with E-state index in [0.29, 0.717) is 21.6 Å². The van der Waals surface area contributed by atoms with Gasteiger partial charge in [-0.25, -0.2) is 8.42 Å². The van der Waals surface area contributed by atoms with Crippen LogP contribution in [0.25, 0.3) is 0 Å². The zero-order chi connectivity index (χ0) is 13.3. The summed E-state index contributed by atoms with van der Waals surface area (Å²) in [5.74, 6) is 0.240. The highest BCUT2D eigenvalue weighted by molar-refractivity contribution is 7.91. The number of nitrogens with zero attached hydrogens (tertiary/aromatic N) is 1. The quantitative estimate of drug-likeness (QED) is 0.916. The molecule has 0 aliphatic carbocycles. The fourth-order valence-electron chi connectivity index (χ4n) is 2.19. The number of thiophene rings is 1. The van der Waals surface area contributed by atoms with Gasteiger partial charge in [0.1, 0.15) is 4.21 Å². The summed E-state index contributed by atoms with van der Waals surface area (Å²) >= 11 is 6.90. The van der Waals surface area contributed by atoms with E-state index in [1.54, 1.807) is 12.1 Å². The lowest BCUT2D eigenvalue weighted by atomic mass is 9.93. The van der Waals surface area contributed by atoms with E-state index in [4.69, 9.17) is 17.3 Å². The molecule has 0 saturated carbocycles. The molecule has 8 heteroatoms. The zero-order valence-electron chi connectivity index (χ0n) is 10.6. The zero-order valence-corrected chi connectivity index (χ0v) is 13.8. The normalized spacial score (nSPS) is 22.8. The van der Waals surface area contributed by atoms with Crippen molar-refractivity contribution in [1.82, 2.24) is 4.31 Å². The topological polar surface area (TPSA) is 63.4 Å². The summed E-state index contributed by atoms with van der Waals surface area (Å²) in [5.41, 5.74) is 5.88. The summed E-state index contributed by atoms with van der Waals surface area (Å²) in [6.45, 7) is 3.01. The van der Waals surface area contributed by atoms with E-state index in [9.17, 15) is 8.42 Å². The van der Waals surface area contributed by atoms with Gasteiger partial charge in [0.25, 0.3) is 10.0 Å². The number of sulfonamides is 1. The maximum atomic E-state index is 12.4. The van der Waals surface area contributed by atoms with Crippen molar-refractivity contribution in [2.24, 2.45) is 11.7 Å². The first kappa shape index (κ1) is 17.2. The van der Waals surface area contributed by atoms with Crippen molar-refractivity contribution in [1.29, 1.82) is 0 Å². The Morgan fingerprint density at radius 3 is 2.74 bits per heavy atom. The summed E-state index contributed by atoms with van der Waals surface area (Å²) in [6.07, 6.45) is 1.86. The predicted molar refractivity (Wildman–Crippen MR) is 81.7 cm³/mol. The van der Waals surface area contributed by atoms with Crippen molar-refractivity contribution in [3.63, 3.8) is 0 Å². The summed E-state index contributed by atoms with van der Waals surface area (Å²) in [7, 11) is -3.40. The number of hydrogen-bond acceptors (Lipinski definition) is 4. The third kappa shape index (κ3) is 3.83. The van der Waals surface area contributed by atoms with Crippen LogP contribution in [0.2, 0.25) is 4.34 Å². The molecule has 0 spiro atoms. The summed E-state index contributed by atoms with van der Waals surface area (Å²) in [4.78, 5) is 0. The lowest BCUT2D eigenvalue weighted by Gasteiger charge is -2.33. The molecule has 4 nitrogen and oxygen atoms in total. The van der Waals surface area contributed by atoms with Gasteiger partial charge in [0.05, 0.1) is 4.34 Å². The smallest absolute Gasteiger partial charge is 0.252 e. The molecule has 1 aliphatic rings. The lowest BCUT2D eigenvalue weighted by Crippen LogP contribution is -2.44. The van der Waals surface area contributed by atoms with Gasteiger partial charge < -0.3 is 5.73 Å². The molecule has 1 fully saturated rings. The molecule has 1 aromatic heterocycles. The Morgan fingerprint density at radius 2 is 2.21 bits per heavy atom. The van der Waals surface area contributed by atoms with E-state index < -0.39 is 10.0 Å². The molecular formula is C11H18Cl2N2O2S2. The van der Waals surface area contributed by atoms with Crippen molar-refractivity contribution in [2.75, 3.05) is 13.1 Å². The maximum Gasteiger partial charge on any atom is 0.252 e. The Kier molecular flexibility index (Phi) is 6.10. The number of rotatable bonds is 3. The maximum absolute atomic E-state index is 12.4. The molecule has 2 heterocycles. The Hall–Kier alpha value is 0.150. The molecule has 1 saturated heterocycles. The first-order valence-electron chi connectivity index (χ1n) is 5.92. The molecule has 0 radical (unpaired) electrons. The summed E-state index contributed by atoms with van der Waals surface area (Å²) in [5, 5.41) is 0. The van der Waals surface area contributed by atoms with Crippen LogP contribution in [0.5, 0.6) is 0 Å². The van der Waals surface area contributed by atoms with Gasteiger partial charge in [-0.2, -0.15) is 4.31 Å². The number of hydrogen-bond donors (Lipinski definition) is 1. The van der Waals surface area contributed by atoms with Gasteiger partial charge in [-0.15, -0.1) is 23.7 Å². The first-order valence-corrected chi connectivity index (χ1v) is 8.56. The first-order chi connectivity index (χ1) is 8.41. The molecule has 0 bridgehead atoms. The third-order valence-electron chi connectivity index (χ3n) is 3.31. The molecule has 2 unspecified atom stereocenters. The van der Waals surface area contributed by atoms with Crippen LogP contribution in [0, 0.1) is 5.92 Å². The van der Waals surface area contributed by atoms with Gasteiger partial charge in [0.15, 0.2) is 0 Å². The Balaban J connectivity index is 0.00000180. The molecule has 2 rings (SSSR count). The monoisotopic (exact) mass is 344 g/mol. The van der Waals surface area contributed by atoms with Crippen LogP contribution in [-0.2, 0) is 10.0 Å². The van der Waals surface area contributed by atoms with E-state index in [1.165, 1.54) is 4.31 Å². The minimum Gasteiger partial charge on any atom is -0.328 e. The van der Waals surface area contributed by atoms with E-state index in [-0.39, 0.29) is 24.4 Å². The Morgan fingerprint density at radius 1 is 1.53 bits per heavy atom. The molecule has 1 aromatic rings. The second-order valence-electron chi connectivity index (χ2n) is 4.68. The van der Waals surface area contributed by atoms with Crippen molar-refractivity contribution in [3.8, 4) is 0 Å². The van der Waals surface area contributed by atoms with Crippen molar-refractivity contribution in [3.05, 3.63) is 16.5 Å². The fraction of sp³-hybridized carbons (Fsp3) is 0.636. The lowest BCUT2D eigenvalue weighted by molar-refractivity contribution is 0.243. The Labute approximate surface area is 129 Å². The summed E-state index contributed by atoms with van der Waals surface area (Å²) < 4.78 is 27.2. The Bertz CT molecular complexity index is 517. The van der Waals surface area contributed by atoms with Crippen LogP contribution in [0.3, 0.4) is 0 Å². The summed E-state index contributed by atoms with van der Waals surface area (Å²) in [6, 6.07) is 3.21. The van der Waals surface area contributed by atoms with Crippen LogP contribution in [0.4, 0.5) is 0 Å². The average Bonchev–Trinajstić information content (AvgIpc) is 2.77. The van der Waals surface area contributed by atoms with Gasteiger partial charge >= 0.3 is 0 Å². The highest BCUT2D eigenvalue weighted by Crippen LogP contribution is 2.30. The molecule has 110 valence electrons. The van der Waals surface area contributed by atoms with Gasteiger partial charge in [0, 0.05) is 19.1 Å². The van der Waals surface area contributed by atoms with Crippen molar-refractivity contribution >= 4 is 45.4 Å². The highest BCUT2D eigenvalue weighted by atomic mass is 35.5. The van der Waals surface area contributed by atoms with E-state index >= 15 is 0 Å². The standard InChI is InChI=1S/C11H17ClN2O2S2.ClH/c1-8(13)9-3-2-6-14(7-9)18(15,16)11-5-4-10(12)17-11;/h4-5,8-9H,2-3,6-7,13H2,1H3;1H. The van der Waals surface area contributed by atoms with Gasteiger partial charge in [-0.05, 0) is 37.8 Å². The van der Waals surface area contributed by atoms with Crippen LogP contribution in [0.1, 0.15) is 19.8 Å². The number of piperidine rings is 1. The predicted octanol–water partition coefficient (Wildman–Crippen LogP) is 2.57. The molecular weight excluding hydrogens is 327 g/mol. The number of halogens is 2. The molecule has 0 aromatic carbocycles. The highest BCUT2D eigenvalue weighted by Gasteiger charge is 2.32. The SMILES string of the molecule is CC(N)C1CCCN(S(=O)(=O)c2ccc(Cl)s2)C1.Cl. The van der Waals surface area contributed by atoms with Crippen molar-refractivity contribution < 1.29 is 8.42 Å². The molecule has 1 aliphatic heterocycles. The van der Waals surface area contributed by atoms with Crippen LogP contribution in [-0.4, -0.2) is 31.9 Å². The van der Waals surface area contributed by atoms with Crippen LogP contribution in [0.15, 0.2) is 16.3 Å². The molecule has 19 heavy (non-hydrogen) atoms. The minimum atomic E-state index is -3.40. The number of nitrogens with two attached hydrogens (primary N) is 1. The van der Waals surface area contributed by atoms with E-state index in [0.717, 1.165) is 24.2 Å². The van der Waals surface area contributed by atoms with Gasteiger partial charge in [-0.3, -0.25) is 0 Å². The van der Waals surface area contributed by atoms with Gasteiger partial charge in [0.2, 0.25) is 0 Å².